The minimum atomic E-state index is -0.0866. The molecule has 4 unspecified atom stereocenters. The number of hydrogen-bond donors (Lipinski definition) is 2. The highest BCUT2D eigenvalue weighted by atomic mass is 79.9. The molecule has 1 saturated carbocycles. The van der Waals surface area contributed by atoms with E-state index in [0.29, 0.717) is 17.9 Å². The van der Waals surface area contributed by atoms with Crippen LogP contribution in [0.15, 0.2) is 22.7 Å². The summed E-state index contributed by atoms with van der Waals surface area (Å²) in [6, 6.07) is 7.04. The average Bonchev–Trinajstić information content (AvgIpc) is 3.01. The molecule has 3 rings (SSSR count). The molecule has 1 aliphatic carbocycles. The number of halogens is 1. The molecule has 4 heteroatoms. The molecule has 2 N–H and O–H groups in total. The first kappa shape index (κ1) is 15.3. The molecule has 1 aromatic rings. The Labute approximate surface area is 135 Å². The average molecular weight is 353 g/mol. The maximum absolute atomic E-state index is 10.1. The Balaban J connectivity index is 1.74. The first-order valence-electron chi connectivity index (χ1n) is 8.06. The summed E-state index contributed by atoms with van der Waals surface area (Å²) in [7, 11) is 0. The van der Waals surface area contributed by atoms with Crippen LogP contribution in [0.5, 0.6) is 0 Å². The number of fused-ring (bicyclic) bond motifs is 1. The molecular weight excluding hydrogens is 328 g/mol. The Hall–Kier alpha value is -0.580. The van der Waals surface area contributed by atoms with Crippen molar-refractivity contribution in [1.82, 2.24) is 5.32 Å². The number of benzene rings is 1. The molecule has 2 fully saturated rings. The second-order valence-electron chi connectivity index (χ2n) is 6.46. The molecule has 116 valence electrons. The smallest absolute Gasteiger partial charge is 0.0588 e. The summed E-state index contributed by atoms with van der Waals surface area (Å²) < 4.78 is 1.17. The van der Waals surface area contributed by atoms with Crippen LogP contribution >= 0.6 is 15.9 Å². The van der Waals surface area contributed by atoms with Crippen LogP contribution in [0.2, 0.25) is 0 Å². The molecule has 1 saturated heterocycles. The highest BCUT2D eigenvalue weighted by Crippen LogP contribution is 2.40. The van der Waals surface area contributed by atoms with Crippen molar-refractivity contribution in [2.24, 2.45) is 11.8 Å². The maximum atomic E-state index is 10.1. The Morgan fingerprint density at radius 1 is 1.38 bits per heavy atom. The SMILES string of the molecule is CCNC(C)c1ccc(N2CC3CCC(O)C3C2)cc1Br. The summed E-state index contributed by atoms with van der Waals surface area (Å²) in [6.45, 7) is 7.40. The van der Waals surface area contributed by atoms with Crippen LogP contribution in [0, 0.1) is 11.8 Å². The van der Waals surface area contributed by atoms with Crippen molar-refractivity contribution >= 4 is 21.6 Å². The zero-order chi connectivity index (χ0) is 15.0. The van der Waals surface area contributed by atoms with Gasteiger partial charge in [0.25, 0.3) is 0 Å². The second kappa shape index (κ2) is 6.27. The predicted molar refractivity (Wildman–Crippen MR) is 90.7 cm³/mol. The number of hydrogen-bond acceptors (Lipinski definition) is 3. The summed E-state index contributed by atoms with van der Waals surface area (Å²) in [4.78, 5) is 2.43. The molecule has 1 aromatic carbocycles. The molecule has 2 aliphatic rings. The fourth-order valence-corrected chi connectivity index (χ4v) is 4.64. The third kappa shape index (κ3) is 2.99. The van der Waals surface area contributed by atoms with E-state index < -0.39 is 0 Å². The minimum Gasteiger partial charge on any atom is -0.393 e. The first-order chi connectivity index (χ1) is 10.1. The topological polar surface area (TPSA) is 35.5 Å². The van der Waals surface area contributed by atoms with E-state index >= 15 is 0 Å². The number of nitrogens with zero attached hydrogens (tertiary/aromatic N) is 1. The van der Waals surface area contributed by atoms with Crippen molar-refractivity contribution < 1.29 is 5.11 Å². The van der Waals surface area contributed by atoms with Gasteiger partial charge >= 0.3 is 0 Å². The Kier molecular flexibility index (Phi) is 4.57. The van der Waals surface area contributed by atoms with Crippen molar-refractivity contribution in [3.8, 4) is 0 Å². The molecule has 0 aromatic heterocycles. The predicted octanol–water partition coefficient (Wildman–Crippen LogP) is 3.33. The van der Waals surface area contributed by atoms with E-state index in [9.17, 15) is 5.11 Å². The first-order valence-corrected chi connectivity index (χ1v) is 8.85. The quantitative estimate of drug-likeness (QED) is 0.872. The van der Waals surface area contributed by atoms with Gasteiger partial charge in [0.1, 0.15) is 0 Å². The van der Waals surface area contributed by atoms with Crippen LogP contribution < -0.4 is 10.2 Å². The second-order valence-corrected chi connectivity index (χ2v) is 7.31. The van der Waals surface area contributed by atoms with E-state index in [0.717, 1.165) is 26.1 Å². The summed E-state index contributed by atoms with van der Waals surface area (Å²) in [5.41, 5.74) is 2.58. The lowest BCUT2D eigenvalue weighted by Crippen LogP contribution is -2.24. The van der Waals surface area contributed by atoms with E-state index in [1.807, 2.05) is 0 Å². The number of nitrogens with one attached hydrogen (secondary N) is 1. The maximum Gasteiger partial charge on any atom is 0.0588 e. The van der Waals surface area contributed by atoms with Crippen molar-refractivity contribution in [1.29, 1.82) is 0 Å². The Morgan fingerprint density at radius 2 is 2.19 bits per heavy atom. The van der Waals surface area contributed by atoms with Crippen LogP contribution in [-0.2, 0) is 0 Å². The molecule has 1 aliphatic heterocycles. The summed E-state index contributed by atoms with van der Waals surface area (Å²) in [5.74, 6) is 1.16. The molecule has 0 amide bonds. The van der Waals surface area contributed by atoms with Crippen LogP contribution in [0.1, 0.15) is 38.3 Å². The zero-order valence-electron chi connectivity index (χ0n) is 12.8. The summed E-state index contributed by atoms with van der Waals surface area (Å²) >= 11 is 3.72. The molecular formula is C17H25BrN2O. The number of aliphatic hydroxyl groups excluding tert-OH is 1. The van der Waals surface area contributed by atoms with E-state index in [4.69, 9.17) is 0 Å². The molecule has 0 spiro atoms. The third-order valence-corrected chi connectivity index (χ3v) is 5.83. The van der Waals surface area contributed by atoms with Crippen LogP contribution in [-0.4, -0.2) is 30.8 Å². The zero-order valence-corrected chi connectivity index (χ0v) is 14.4. The van der Waals surface area contributed by atoms with Gasteiger partial charge in [-0.3, -0.25) is 0 Å². The highest BCUT2D eigenvalue weighted by molar-refractivity contribution is 9.10. The molecule has 0 radical (unpaired) electrons. The van der Waals surface area contributed by atoms with E-state index in [-0.39, 0.29) is 6.10 Å². The van der Waals surface area contributed by atoms with E-state index in [1.165, 1.54) is 22.1 Å². The van der Waals surface area contributed by atoms with Gasteiger partial charge in [-0.25, -0.2) is 0 Å². The number of anilines is 1. The van der Waals surface area contributed by atoms with Crippen LogP contribution in [0.3, 0.4) is 0 Å². The van der Waals surface area contributed by atoms with E-state index in [2.05, 4.69) is 58.2 Å². The standard InChI is InChI=1S/C17H25BrN2O/c1-3-19-11(2)14-6-5-13(8-16(14)18)20-9-12-4-7-17(21)15(12)10-20/h5-6,8,11-12,15,17,19,21H,3-4,7,9-10H2,1-2H3. The van der Waals surface area contributed by atoms with Gasteiger partial charge in [-0.1, -0.05) is 28.9 Å². The van der Waals surface area contributed by atoms with Gasteiger partial charge in [0.05, 0.1) is 6.10 Å². The van der Waals surface area contributed by atoms with Gasteiger partial charge in [0.15, 0.2) is 0 Å². The van der Waals surface area contributed by atoms with Gasteiger partial charge in [-0.2, -0.15) is 0 Å². The van der Waals surface area contributed by atoms with E-state index in [1.54, 1.807) is 0 Å². The Bertz CT molecular complexity index is 508. The monoisotopic (exact) mass is 352 g/mol. The molecule has 0 bridgehead atoms. The van der Waals surface area contributed by atoms with Crippen LogP contribution in [0.25, 0.3) is 0 Å². The van der Waals surface area contributed by atoms with Gasteiger partial charge in [0.2, 0.25) is 0 Å². The molecule has 3 nitrogen and oxygen atoms in total. The lowest BCUT2D eigenvalue weighted by molar-refractivity contribution is 0.133. The lowest BCUT2D eigenvalue weighted by Gasteiger charge is -2.22. The lowest BCUT2D eigenvalue weighted by atomic mass is 10.00. The summed E-state index contributed by atoms with van der Waals surface area (Å²) in [5, 5.41) is 13.5. The molecule has 1 heterocycles. The minimum absolute atomic E-state index is 0.0866. The number of rotatable bonds is 4. The van der Waals surface area contributed by atoms with Gasteiger partial charge in [0, 0.05) is 35.2 Å². The van der Waals surface area contributed by atoms with Gasteiger partial charge in [-0.05, 0) is 49.9 Å². The fraction of sp³-hybridized carbons (Fsp3) is 0.647. The molecule has 4 atom stereocenters. The van der Waals surface area contributed by atoms with Crippen molar-refractivity contribution in [3.63, 3.8) is 0 Å². The van der Waals surface area contributed by atoms with Gasteiger partial charge in [-0.15, -0.1) is 0 Å². The highest BCUT2D eigenvalue weighted by Gasteiger charge is 2.41. The van der Waals surface area contributed by atoms with Crippen molar-refractivity contribution in [2.45, 2.75) is 38.8 Å². The third-order valence-electron chi connectivity index (χ3n) is 5.15. The Morgan fingerprint density at radius 3 is 2.86 bits per heavy atom. The molecule has 21 heavy (non-hydrogen) atoms. The van der Waals surface area contributed by atoms with Crippen molar-refractivity contribution in [3.05, 3.63) is 28.2 Å². The summed E-state index contributed by atoms with van der Waals surface area (Å²) in [6.07, 6.45) is 2.09. The van der Waals surface area contributed by atoms with Gasteiger partial charge < -0.3 is 15.3 Å². The van der Waals surface area contributed by atoms with Crippen LogP contribution in [0.4, 0.5) is 5.69 Å². The number of aliphatic hydroxyl groups is 1. The van der Waals surface area contributed by atoms with Crippen molar-refractivity contribution in [2.75, 3.05) is 24.5 Å². The fourth-order valence-electron chi connectivity index (χ4n) is 3.93. The largest absolute Gasteiger partial charge is 0.393 e. The normalized spacial score (nSPS) is 29.7.